The number of ether oxygens (including phenoxy) is 1. The van der Waals surface area contributed by atoms with E-state index >= 15 is 0 Å². The largest absolute Gasteiger partial charge is 0.491 e. The van der Waals surface area contributed by atoms with Gasteiger partial charge in [0, 0.05) is 8.04 Å². The van der Waals surface area contributed by atoms with Crippen LogP contribution in [-0.2, 0) is 0 Å². The molecule has 0 aliphatic rings. The van der Waals surface area contributed by atoms with E-state index in [1.54, 1.807) is 0 Å². The molecule has 0 radical (unpaired) electrons. The van der Waals surface area contributed by atoms with Crippen molar-refractivity contribution in [3.63, 3.8) is 0 Å². The molecule has 0 saturated carbocycles. The number of halogens is 2. The Hall–Kier alpha value is 0.230. The third-order valence-electron chi connectivity index (χ3n) is 1.26. The lowest BCUT2D eigenvalue weighted by Gasteiger charge is -2.09. The molecule has 0 unspecified atom stereocenters. The molecular formula is C9H10BrIO. The summed E-state index contributed by atoms with van der Waals surface area (Å²) in [6.07, 6.45) is 0.238. The third kappa shape index (κ3) is 2.94. The van der Waals surface area contributed by atoms with Crippen LogP contribution < -0.4 is 4.74 Å². The maximum atomic E-state index is 5.52. The van der Waals surface area contributed by atoms with Crippen LogP contribution in [0.5, 0.6) is 5.75 Å². The van der Waals surface area contributed by atoms with Crippen molar-refractivity contribution in [2.24, 2.45) is 0 Å². The van der Waals surface area contributed by atoms with Crippen molar-refractivity contribution in [2.45, 2.75) is 20.0 Å². The Kier molecular flexibility index (Phi) is 3.83. The minimum Gasteiger partial charge on any atom is -0.491 e. The van der Waals surface area contributed by atoms with E-state index in [1.165, 1.54) is 3.57 Å². The minimum atomic E-state index is 0.238. The van der Waals surface area contributed by atoms with E-state index in [9.17, 15) is 0 Å². The standard InChI is InChI=1S/C9H10BrIO/c1-6(2)12-7-3-4-8(10)9(11)5-7/h3-6H,1-2H3. The fourth-order valence-corrected chi connectivity index (χ4v) is 1.56. The Morgan fingerprint density at radius 3 is 2.58 bits per heavy atom. The molecule has 1 nitrogen and oxygen atoms in total. The average Bonchev–Trinajstić information content (AvgIpc) is 1.96. The Bertz CT molecular complexity index is 273. The lowest BCUT2D eigenvalue weighted by atomic mass is 10.3. The van der Waals surface area contributed by atoms with Crippen LogP contribution in [0.1, 0.15) is 13.8 Å². The average molecular weight is 341 g/mol. The summed E-state index contributed by atoms with van der Waals surface area (Å²) in [5, 5.41) is 0. The zero-order valence-electron chi connectivity index (χ0n) is 6.97. The zero-order valence-corrected chi connectivity index (χ0v) is 10.7. The fourth-order valence-electron chi connectivity index (χ4n) is 0.822. The van der Waals surface area contributed by atoms with Gasteiger partial charge in [-0.25, -0.2) is 0 Å². The van der Waals surface area contributed by atoms with Crippen molar-refractivity contribution in [3.8, 4) is 5.75 Å². The molecule has 1 aromatic rings. The molecule has 0 N–H and O–H groups in total. The summed E-state index contributed by atoms with van der Waals surface area (Å²) in [4.78, 5) is 0. The molecule has 0 saturated heterocycles. The van der Waals surface area contributed by atoms with E-state index in [0.717, 1.165) is 10.2 Å². The van der Waals surface area contributed by atoms with Crippen molar-refractivity contribution >= 4 is 38.5 Å². The van der Waals surface area contributed by atoms with Gasteiger partial charge in [-0.05, 0) is 70.6 Å². The summed E-state index contributed by atoms with van der Waals surface area (Å²) in [5.41, 5.74) is 0. The molecule has 0 aliphatic carbocycles. The highest BCUT2D eigenvalue weighted by Crippen LogP contribution is 2.24. The van der Waals surface area contributed by atoms with Gasteiger partial charge >= 0.3 is 0 Å². The van der Waals surface area contributed by atoms with Crippen LogP contribution in [0.4, 0.5) is 0 Å². The van der Waals surface area contributed by atoms with Crippen molar-refractivity contribution in [1.82, 2.24) is 0 Å². The van der Waals surface area contributed by atoms with Gasteiger partial charge in [0.2, 0.25) is 0 Å². The van der Waals surface area contributed by atoms with E-state index in [1.807, 2.05) is 32.0 Å². The third-order valence-corrected chi connectivity index (χ3v) is 3.59. The molecule has 0 spiro atoms. The summed E-state index contributed by atoms with van der Waals surface area (Å²) in [7, 11) is 0. The number of hydrogen-bond donors (Lipinski definition) is 0. The second-order valence-corrected chi connectivity index (χ2v) is 4.76. The zero-order chi connectivity index (χ0) is 9.14. The molecule has 0 aromatic heterocycles. The molecule has 0 fully saturated rings. The number of benzene rings is 1. The van der Waals surface area contributed by atoms with Crippen molar-refractivity contribution in [3.05, 3.63) is 26.2 Å². The summed E-state index contributed by atoms with van der Waals surface area (Å²) in [6, 6.07) is 5.98. The van der Waals surface area contributed by atoms with Gasteiger partial charge in [-0.15, -0.1) is 0 Å². The predicted molar refractivity (Wildman–Crippen MR) is 62.6 cm³/mol. The topological polar surface area (TPSA) is 9.23 Å². The highest BCUT2D eigenvalue weighted by molar-refractivity contribution is 14.1. The van der Waals surface area contributed by atoms with Crippen LogP contribution in [0.25, 0.3) is 0 Å². The summed E-state index contributed by atoms with van der Waals surface area (Å²) in [6.45, 7) is 4.05. The van der Waals surface area contributed by atoms with Gasteiger partial charge in [-0.2, -0.15) is 0 Å². The first kappa shape index (κ1) is 10.3. The second kappa shape index (κ2) is 4.46. The maximum absolute atomic E-state index is 5.52. The fraction of sp³-hybridized carbons (Fsp3) is 0.333. The van der Waals surface area contributed by atoms with Gasteiger partial charge in [0.1, 0.15) is 5.75 Å². The van der Waals surface area contributed by atoms with Gasteiger partial charge in [0.25, 0.3) is 0 Å². The molecule has 0 heterocycles. The predicted octanol–water partition coefficient (Wildman–Crippen LogP) is 3.84. The van der Waals surface area contributed by atoms with Gasteiger partial charge in [0.05, 0.1) is 6.10 Å². The Morgan fingerprint density at radius 2 is 2.08 bits per heavy atom. The summed E-state index contributed by atoms with van der Waals surface area (Å²) >= 11 is 5.70. The lowest BCUT2D eigenvalue weighted by Crippen LogP contribution is -2.05. The van der Waals surface area contributed by atoms with Crippen molar-refractivity contribution in [1.29, 1.82) is 0 Å². The van der Waals surface area contributed by atoms with Gasteiger partial charge in [-0.3, -0.25) is 0 Å². The summed E-state index contributed by atoms with van der Waals surface area (Å²) in [5.74, 6) is 0.928. The Labute approximate surface area is 94.8 Å². The minimum absolute atomic E-state index is 0.238. The number of rotatable bonds is 2. The first-order chi connectivity index (χ1) is 5.59. The van der Waals surface area contributed by atoms with Crippen LogP contribution in [0.15, 0.2) is 22.7 Å². The van der Waals surface area contributed by atoms with Crippen molar-refractivity contribution < 1.29 is 4.74 Å². The SMILES string of the molecule is CC(C)Oc1ccc(Br)c(I)c1. The van der Waals surface area contributed by atoms with Crippen molar-refractivity contribution in [2.75, 3.05) is 0 Å². The van der Waals surface area contributed by atoms with Gasteiger partial charge in [0.15, 0.2) is 0 Å². The van der Waals surface area contributed by atoms with Crippen LogP contribution in [-0.4, -0.2) is 6.10 Å². The van der Waals surface area contributed by atoms with Crippen LogP contribution in [0, 0.1) is 3.57 Å². The molecule has 0 bridgehead atoms. The normalized spacial score (nSPS) is 10.4. The lowest BCUT2D eigenvalue weighted by molar-refractivity contribution is 0.242. The van der Waals surface area contributed by atoms with Gasteiger partial charge < -0.3 is 4.74 Å². The molecule has 66 valence electrons. The molecule has 3 heteroatoms. The molecule has 1 rings (SSSR count). The Balaban J connectivity index is 2.82. The Morgan fingerprint density at radius 1 is 1.42 bits per heavy atom. The monoisotopic (exact) mass is 340 g/mol. The first-order valence-electron chi connectivity index (χ1n) is 3.71. The second-order valence-electron chi connectivity index (χ2n) is 2.74. The highest BCUT2D eigenvalue weighted by Gasteiger charge is 2.00. The highest BCUT2D eigenvalue weighted by atomic mass is 127. The van der Waals surface area contributed by atoms with Gasteiger partial charge in [-0.1, -0.05) is 0 Å². The molecule has 0 aliphatic heterocycles. The smallest absolute Gasteiger partial charge is 0.120 e. The van der Waals surface area contributed by atoms with E-state index in [2.05, 4.69) is 38.5 Å². The maximum Gasteiger partial charge on any atom is 0.120 e. The number of hydrogen-bond acceptors (Lipinski definition) is 1. The van der Waals surface area contributed by atoms with Crippen LogP contribution >= 0.6 is 38.5 Å². The molecule has 0 amide bonds. The molecular weight excluding hydrogens is 331 g/mol. The molecule has 0 atom stereocenters. The first-order valence-corrected chi connectivity index (χ1v) is 5.58. The summed E-state index contributed by atoms with van der Waals surface area (Å²) < 4.78 is 7.81. The van der Waals surface area contributed by atoms with Crippen LogP contribution in [0.3, 0.4) is 0 Å². The van der Waals surface area contributed by atoms with E-state index < -0.39 is 0 Å². The van der Waals surface area contributed by atoms with Crippen LogP contribution in [0.2, 0.25) is 0 Å². The molecule has 1 aromatic carbocycles. The van der Waals surface area contributed by atoms with E-state index in [4.69, 9.17) is 4.74 Å². The van der Waals surface area contributed by atoms with E-state index in [-0.39, 0.29) is 6.10 Å². The van der Waals surface area contributed by atoms with E-state index in [0.29, 0.717) is 0 Å². The quantitative estimate of drug-likeness (QED) is 0.743. The molecule has 12 heavy (non-hydrogen) atoms.